The van der Waals surface area contributed by atoms with E-state index in [4.69, 9.17) is 0 Å². The zero-order valence-corrected chi connectivity index (χ0v) is 13.3. The summed E-state index contributed by atoms with van der Waals surface area (Å²) in [6.07, 6.45) is -0.712. The molecule has 0 aliphatic carbocycles. The van der Waals surface area contributed by atoms with Crippen LogP contribution in [0, 0.1) is 5.82 Å². The molecule has 1 aromatic carbocycles. The average Bonchev–Trinajstić information content (AvgIpc) is 3.01. The predicted molar refractivity (Wildman–Crippen MR) is 81.1 cm³/mol. The van der Waals surface area contributed by atoms with Gasteiger partial charge in [0.2, 0.25) is 0 Å². The average molecular weight is 343 g/mol. The molecular weight excluding hydrogens is 329 g/mol. The molecule has 22 heavy (non-hydrogen) atoms. The Kier molecular flexibility index (Phi) is 5.15. The molecule has 1 atom stereocenters. The van der Waals surface area contributed by atoms with Crippen molar-refractivity contribution in [2.45, 2.75) is 10.1 Å². The zero-order chi connectivity index (χ0) is 16.2. The Bertz CT molecular complexity index is 727. The number of benzene rings is 1. The molecule has 8 heteroatoms. The second-order valence-electron chi connectivity index (χ2n) is 4.38. The molecule has 1 heterocycles. The molecule has 2 aromatic rings. The van der Waals surface area contributed by atoms with E-state index >= 15 is 0 Å². The summed E-state index contributed by atoms with van der Waals surface area (Å²) in [7, 11) is -2.57. The van der Waals surface area contributed by atoms with Gasteiger partial charge in [0.05, 0.1) is 12.0 Å². The Labute approximate surface area is 131 Å². The highest BCUT2D eigenvalue weighted by Crippen LogP contribution is 2.31. The Morgan fingerprint density at radius 3 is 2.55 bits per heavy atom. The Balaban J connectivity index is 2.35. The van der Waals surface area contributed by atoms with Crippen LogP contribution in [0.25, 0.3) is 0 Å². The van der Waals surface area contributed by atoms with E-state index in [2.05, 4.69) is 10.1 Å². The fraction of sp³-hybridized carbons (Fsp3) is 0.214. The van der Waals surface area contributed by atoms with Crippen molar-refractivity contribution in [1.82, 2.24) is 5.32 Å². The van der Waals surface area contributed by atoms with Gasteiger partial charge in [0.25, 0.3) is 0 Å². The van der Waals surface area contributed by atoms with Crippen LogP contribution in [0.15, 0.2) is 46.7 Å². The van der Waals surface area contributed by atoms with Gasteiger partial charge in [-0.25, -0.2) is 17.6 Å². The van der Waals surface area contributed by atoms with Gasteiger partial charge in [-0.3, -0.25) is 0 Å². The molecule has 1 unspecified atom stereocenters. The SMILES string of the molecule is COC(=O)NCC(c1cccs1)S(=O)(=O)c1ccc(F)cc1. The summed E-state index contributed by atoms with van der Waals surface area (Å²) < 4.78 is 42.9. The number of carbonyl (C=O) groups excluding carboxylic acids is 1. The second-order valence-corrected chi connectivity index (χ2v) is 7.49. The minimum atomic E-state index is -3.77. The first-order valence-electron chi connectivity index (χ1n) is 6.30. The lowest BCUT2D eigenvalue weighted by Gasteiger charge is -2.17. The molecule has 118 valence electrons. The Morgan fingerprint density at radius 1 is 1.32 bits per heavy atom. The van der Waals surface area contributed by atoms with Crippen molar-refractivity contribution in [2.75, 3.05) is 13.7 Å². The molecule has 0 saturated carbocycles. The summed E-state index contributed by atoms with van der Waals surface area (Å²) in [5.74, 6) is -0.515. The Morgan fingerprint density at radius 2 is 2.00 bits per heavy atom. The van der Waals surface area contributed by atoms with Crippen LogP contribution in [-0.2, 0) is 14.6 Å². The minimum absolute atomic E-state index is 0.000958. The van der Waals surface area contributed by atoms with Crippen molar-refractivity contribution >= 4 is 27.3 Å². The van der Waals surface area contributed by atoms with Crippen LogP contribution in [0.2, 0.25) is 0 Å². The van der Waals surface area contributed by atoms with Gasteiger partial charge >= 0.3 is 6.09 Å². The van der Waals surface area contributed by atoms with E-state index in [0.29, 0.717) is 4.88 Å². The first-order valence-corrected chi connectivity index (χ1v) is 8.72. The molecule has 2 rings (SSSR count). The number of rotatable bonds is 5. The van der Waals surface area contributed by atoms with Gasteiger partial charge in [-0.1, -0.05) is 6.07 Å². The van der Waals surface area contributed by atoms with Gasteiger partial charge in [-0.05, 0) is 35.7 Å². The van der Waals surface area contributed by atoms with Gasteiger partial charge < -0.3 is 10.1 Å². The van der Waals surface area contributed by atoms with Gasteiger partial charge in [0, 0.05) is 11.4 Å². The lowest BCUT2D eigenvalue weighted by molar-refractivity contribution is 0.171. The van der Waals surface area contributed by atoms with Gasteiger partial charge in [0.1, 0.15) is 11.1 Å². The Hall–Kier alpha value is -1.93. The number of halogens is 1. The van der Waals surface area contributed by atoms with Crippen LogP contribution in [-0.4, -0.2) is 28.2 Å². The highest BCUT2D eigenvalue weighted by atomic mass is 32.2. The molecule has 0 radical (unpaired) electrons. The molecule has 0 spiro atoms. The molecule has 0 aliphatic rings. The molecule has 1 aromatic heterocycles. The second kappa shape index (κ2) is 6.89. The summed E-state index contributed by atoms with van der Waals surface area (Å²) in [5, 5.41) is 3.19. The molecule has 0 bridgehead atoms. The highest BCUT2D eigenvalue weighted by Gasteiger charge is 2.30. The maximum Gasteiger partial charge on any atom is 0.406 e. The number of hydrogen-bond acceptors (Lipinski definition) is 5. The summed E-state index contributed by atoms with van der Waals surface area (Å²) >= 11 is 1.27. The lowest BCUT2D eigenvalue weighted by Crippen LogP contribution is -2.31. The van der Waals surface area contributed by atoms with Gasteiger partial charge in [0.15, 0.2) is 9.84 Å². The summed E-state index contributed by atoms with van der Waals surface area (Å²) in [5.41, 5.74) is 0. The lowest BCUT2D eigenvalue weighted by atomic mass is 10.3. The standard InChI is InChI=1S/C14H14FNO4S2/c1-20-14(17)16-9-13(12-3-2-8-21-12)22(18,19)11-6-4-10(15)5-7-11/h2-8,13H,9H2,1H3,(H,16,17). The third kappa shape index (κ3) is 3.63. The van der Waals surface area contributed by atoms with E-state index in [9.17, 15) is 17.6 Å². The quantitative estimate of drug-likeness (QED) is 0.847. The number of hydrogen-bond donors (Lipinski definition) is 1. The maximum atomic E-state index is 13.0. The number of amides is 1. The topological polar surface area (TPSA) is 72.5 Å². The molecule has 0 aliphatic heterocycles. The summed E-state index contributed by atoms with van der Waals surface area (Å²) in [6.45, 7) is -0.132. The minimum Gasteiger partial charge on any atom is -0.453 e. The molecular formula is C14H14FNO4S2. The monoisotopic (exact) mass is 343 g/mol. The van der Waals surface area contributed by atoms with E-state index in [1.54, 1.807) is 17.5 Å². The maximum absolute atomic E-state index is 13.0. The smallest absolute Gasteiger partial charge is 0.406 e. The zero-order valence-electron chi connectivity index (χ0n) is 11.7. The number of ether oxygens (including phenoxy) is 1. The third-order valence-corrected chi connectivity index (χ3v) is 6.23. The van der Waals surface area contributed by atoms with Crippen LogP contribution in [0.3, 0.4) is 0 Å². The third-order valence-electron chi connectivity index (χ3n) is 2.99. The van der Waals surface area contributed by atoms with E-state index < -0.39 is 27.0 Å². The van der Waals surface area contributed by atoms with Crippen LogP contribution in [0.4, 0.5) is 9.18 Å². The van der Waals surface area contributed by atoms with Crippen LogP contribution < -0.4 is 5.32 Å². The number of nitrogens with one attached hydrogen (secondary N) is 1. The molecule has 5 nitrogen and oxygen atoms in total. The molecule has 1 N–H and O–H groups in total. The molecule has 0 fully saturated rings. The van der Waals surface area contributed by atoms with Crippen LogP contribution >= 0.6 is 11.3 Å². The number of methoxy groups -OCH3 is 1. The van der Waals surface area contributed by atoms with E-state index in [1.807, 2.05) is 0 Å². The predicted octanol–water partition coefficient (Wildman–Crippen LogP) is 2.76. The van der Waals surface area contributed by atoms with E-state index in [-0.39, 0.29) is 11.4 Å². The van der Waals surface area contributed by atoms with Crippen LogP contribution in [0.5, 0.6) is 0 Å². The summed E-state index contributed by atoms with van der Waals surface area (Å²) in [4.78, 5) is 11.8. The fourth-order valence-corrected chi connectivity index (χ4v) is 4.66. The first-order chi connectivity index (χ1) is 10.4. The summed E-state index contributed by atoms with van der Waals surface area (Å²) in [6, 6.07) is 8.01. The van der Waals surface area contributed by atoms with Crippen molar-refractivity contribution in [1.29, 1.82) is 0 Å². The number of thiophene rings is 1. The van der Waals surface area contributed by atoms with Gasteiger partial charge in [-0.15, -0.1) is 11.3 Å². The van der Waals surface area contributed by atoms with Crippen molar-refractivity contribution in [2.24, 2.45) is 0 Å². The number of sulfone groups is 1. The van der Waals surface area contributed by atoms with Gasteiger partial charge in [-0.2, -0.15) is 0 Å². The fourth-order valence-electron chi connectivity index (χ4n) is 1.87. The van der Waals surface area contributed by atoms with Crippen molar-refractivity contribution in [3.05, 3.63) is 52.5 Å². The molecule has 1 amide bonds. The van der Waals surface area contributed by atoms with Crippen molar-refractivity contribution in [3.8, 4) is 0 Å². The largest absolute Gasteiger partial charge is 0.453 e. The van der Waals surface area contributed by atoms with E-state index in [0.717, 1.165) is 12.1 Å². The highest BCUT2D eigenvalue weighted by molar-refractivity contribution is 7.91. The number of alkyl carbamates (subject to hydrolysis) is 1. The normalized spacial score (nSPS) is 12.6. The van der Waals surface area contributed by atoms with Crippen molar-refractivity contribution in [3.63, 3.8) is 0 Å². The molecule has 0 saturated heterocycles. The number of carbonyl (C=O) groups is 1. The van der Waals surface area contributed by atoms with Crippen molar-refractivity contribution < 1.29 is 22.3 Å². The van der Waals surface area contributed by atoms with E-state index in [1.165, 1.54) is 30.6 Å². The van der Waals surface area contributed by atoms with Crippen LogP contribution in [0.1, 0.15) is 10.1 Å². The first kappa shape index (κ1) is 16.4.